The maximum absolute atomic E-state index is 11.4. The first-order valence-electron chi connectivity index (χ1n) is 5.43. The molecule has 0 aromatic heterocycles. The molecule has 1 aromatic rings. The van der Waals surface area contributed by atoms with Crippen molar-refractivity contribution in [2.75, 3.05) is 20.3 Å². The van der Waals surface area contributed by atoms with E-state index in [0.717, 1.165) is 0 Å². The Morgan fingerprint density at radius 3 is 2.79 bits per heavy atom. The summed E-state index contributed by atoms with van der Waals surface area (Å²) in [6.07, 6.45) is -1.07. The molecule has 0 aliphatic heterocycles. The molecule has 0 bridgehead atoms. The normalized spacial score (nSPS) is 11.7. The fourth-order valence-corrected chi connectivity index (χ4v) is 1.41. The summed E-state index contributed by atoms with van der Waals surface area (Å²) in [5.41, 5.74) is 0. The smallest absolute Gasteiger partial charge is 0.334 e. The molecule has 1 aromatic carbocycles. The Labute approximate surface area is 115 Å². The maximum Gasteiger partial charge on any atom is 0.334 e. The first kappa shape index (κ1) is 15.3. The molecule has 19 heavy (non-hydrogen) atoms. The molecule has 0 aliphatic carbocycles. The second kappa shape index (κ2) is 7.60. The second-order valence-corrected chi connectivity index (χ2v) is 4.05. The third-order valence-corrected chi connectivity index (χ3v) is 2.45. The van der Waals surface area contributed by atoms with Crippen LogP contribution in [0.1, 0.15) is 0 Å². The highest BCUT2D eigenvalue weighted by atomic mass is 35.5. The molecule has 0 heterocycles. The van der Waals surface area contributed by atoms with Crippen molar-refractivity contribution in [3.8, 4) is 5.75 Å². The van der Waals surface area contributed by atoms with E-state index in [2.05, 4.69) is 10.1 Å². The molecule has 1 amide bonds. The van der Waals surface area contributed by atoms with Gasteiger partial charge in [0, 0.05) is 12.1 Å². The average molecular weight is 288 g/mol. The molecule has 0 radical (unpaired) electrons. The molecule has 2 N–H and O–H groups in total. The topological polar surface area (TPSA) is 84.9 Å². The van der Waals surface area contributed by atoms with Crippen LogP contribution in [0, 0.1) is 0 Å². The van der Waals surface area contributed by atoms with Crippen molar-refractivity contribution in [3.05, 3.63) is 29.3 Å². The zero-order valence-electron chi connectivity index (χ0n) is 10.3. The van der Waals surface area contributed by atoms with Crippen molar-refractivity contribution in [1.82, 2.24) is 5.32 Å². The van der Waals surface area contributed by atoms with Crippen LogP contribution < -0.4 is 10.1 Å². The van der Waals surface area contributed by atoms with Crippen LogP contribution in [0.25, 0.3) is 0 Å². The number of carbonyl (C=O) groups is 2. The van der Waals surface area contributed by atoms with Gasteiger partial charge in [0.1, 0.15) is 5.75 Å². The van der Waals surface area contributed by atoms with Crippen LogP contribution in [0.2, 0.25) is 5.02 Å². The average Bonchev–Trinajstić information content (AvgIpc) is 2.37. The van der Waals surface area contributed by atoms with Gasteiger partial charge in [-0.1, -0.05) is 17.7 Å². The third-order valence-electron chi connectivity index (χ3n) is 2.21. The molecule has 6 nitrogen and oxygen atoms in total. The Balaban J connectivity index is 2.34. The predicted molar refractivity (Wildman–Crippen MR) is 68.4 cm³/mol. The second-order valence-electron chi connectivity index (χ2n) is 3.61. The summed E-state index contributed by atoms with van der Waals surface area (Å²) in [7, 11) is 1.26. The number of hydrogen-bond acceptors (Lipinski definition) is 4. The number of ether oxygens (including phenoxy) is 2. The molecule has 1 unspecified atom stereocenters. The van der Waals surface area contributed by atoms with E-state index in [9.17, 15) is 9.59 Å². The number of halogens is 1. The number of carboxylic acids is 1. The minimum atomic E-state index is -1.14. The van der Waals surface area contributed by atoms with Crippen LogP contribution in [0.5, 0.6) is 5.75 Å². The van der Waals surface area contributed by atoms with Crippen LogP contribution in [-0.2, 0) is 14.3 Å². The molecule has 0 fully saturated rings. The van der Waals surface area contributed by atoms with Crippen LogP contribution in [0.4, 0.5) is 0 Å². The SMILES string of the molecule is COC(CNC(=O)COc1cccc(Cl)c1)C(=O)O. The molecular weight excluding hydrogens is 274 g/mol. The van der Waals surface area contributed by atoms with Crippen molar-refractivity contribution in [2.24, 2.45) is 0 Å². The lowest BCUT2D eigenvalue weighted by molar-refractivity contribution is -0.148. The number of benzene rings is 1. The van der Waals surface area contributed by atoms with Crippen molar-refractivity contribution < 1.29 is 24.2 Å². The highest BCUT2D eigenvalue weighted by molar-refractivity contribution is 6.30. The summed E-state index contributed by atoms with van der Waals surface area (Å²) in [5, 5.41) is 11.6. The summed E-state index contributed by atoms with van der Waals surface area (Å²) in [6.45, 7) is -0.347. The number of carbonyl (C=O) groups excluding carboxylic acids is 1. The molecule has 1 atom stereocenters. The predicted octanol–water partition coefficient (Wildman–Crippen LogP) is 0.935. The Morgan fingerprint density at radius 2 is 2.21 bits per heavy atom. The van der Waals surface area contributed by atoms with Gasteiger partial charge in [0.05, 0.1) is 6.54 Å². The number of aliphatic carboxylic acids is 1. The quantitative estimate of drug-likeness (QED) is 0.779. The fourth-order valence-electron chi connectivity index (χ4n) is 1.23. The lowest BCUT2D eigenvalue weighted by Gasteiger charge is -2.12. The van der Waals surface area contributed by atoms with Gasteiger partial charge >= 0.3 is 5.97 Å². The lowest BCUT2D eigenvalue weighted by atomic mass is 10.3. The highest BCUT2D eigenvalue weighted by Gasteiger charge is 2.17. The van der Waals surface area contributed by atoms with E-state index in [0.29, 0.717) is 10.8 Å². The van der Waals surface area contributed by atoms with Gasteiger partial charge in [0.15, 0.2) is 12.7 Å². The molecule has 0 aliphatic rings. The van der Waals surface area contributed by atoms with Crippen molar-refractivity contribution in [1.29, 1.82) is 0 Å². The zero-order valence-corrected chi connectivity index (χ0v) is 11.0. The third kappa shape index (κ3) is 5.58. The first-order valence-corrected chi connectivity index (χ1v) is 5.81. The van der Waals surface area contributed by atoms with Gasteiger partial charge in [-0.3, -0.25) is 4.79 Å². The van der Waals surface area contributed by atoms with E-state index in [1.54, 1.807) is 24.3 Å². The van der Waals surface area contributed by atoms with E-state index in [1.165, 1.54) is 7.11 Å². The number of rotatable bonds is 7. The molecule has 0 spiro atoms. The number of amides is 1. The van der Waals surface area contributed by atoms with Crippen LogP contribution >= 0.6 is 11.6 Å². The standard InChI is InChI=1S/C12H14ClNO5/c1-18-10(12(16)17)6-14-11(15)7-19-9-4-2-3-8(13)5-9/h2-5,10H,6-7H2,1H3,(H,14,15)(H,16,17). The van der Waals surface area contributed by atoms with Gasteiger partial charge in [0.25, 0.3) is 5.91 Å². The number of carboxylic acid groups (broad SMARTS) is 1. The molecule has 7 heteroatoms. The minimum Gasteiger partial charge on any atom is -0.484 e. The molecular formula is C12H14ClNO5. The van der Waals surface area contributed by atoms with Crippen molar-refractivity contribution in [3.63, 3.8) is 0 Å². The Kier molecular flexibility index (Phi) is 6.11. The minimum absolute atomic E-state index is 0.121. The van der Waals surface area contributed by atoms with Gasteiger partial charge in [-0.2, -0.15) is 0 Å². The van der Waals surface area contributed by atoms with E-state index >= 15 is 0 Å². The first-order chi connectivity index (χ1) is 9.02. The van der Waals surface area contributed by atoms with E-state index in [4.69, 9.17) is 21.4 Å². The summed E-state index contributed by atoms with van der Waals surface area (Å²) in [5.74, 6) is -1.12. The molecule has 104 valence electrons. The number of nitrogens with one attached hydrogen (secondary N) is 1. The summed E-state index contributed by atoms with van der Waals surface area (Å²) < 4.78 is 9.86. The molecule has 0 saturated heterocycles. The van der Waals surface area contributed by atoms with E-state index < -0.39 is 18.0 Å². The fraction of sp³-hybridized carbons (Fsp3) is 0.333. The van der Waals surface area contributed by atoms with Crippen LogP contribution in [0.15, 0.2) is 24.3 Å². The summed E-state index contributed by atoms with van der Waals surface area (Å²) in [6, 6.07) is 6.61. The van der Waals surface area contributed by atoms with Crippen molar-refractivity contribution >= 4 is 23.5 Å². The molecule has 0 saturated carbocycles. The van der Waals surface area contributed by atoms with Gasteiger partial charge in [-0.05, 0) is 18.2 Å². The molecule has 1 rings (SSSR count). The maximum atomic E-state index is 11.4. The lowest BCUT2D eigenvalue weighted by Crippen LogP contribution is -2.39. The summed E-state index contributed by atoms with van der Waals surface area (Å²) in [4.78, 5) is 22.1. The summed E-state index contributed by atoms with van der Waals surface area (Å²) >= 11 is 5.75. The Bertz CT molecular complexity index is 452. The number of hydrogen-bond donors (Lipinski definition) is 2. The van der Waals surface area contributed by atoms with Gasteiger partial charge < -0.3 is 19.9 Å². The van der Waals surface area contributed by atoms with Gasteiger partial charge in [-0.25, -0.2) is 4.79 Å². The van der Waals surface area contributed by atoms with Gasteiger partial charge in [0.2, 0.25) is 0 Å². The van der Waals surface area contributed by atoms with Crippen LogP contribution in [-0.4, -0.2) is 43.3 Å². The Hall–Kier alpha value is -1.79. The van der Waals surface area contributed by atoms with Gasteiger partial charge in [-0.15, -0.1) is 0 Å². The van der Waals surface area contributed by atoms with Crippen LogP contribution in [0.3, 0.4) is 0 Å². The highest BCUT2D eigenvalue weighted by Crippen LogP contribution is 2.16. The Morgan fingerprint density at radius 1 is 1.47 bits per heavy atom. The zero-order chi connectivity index (χ0) is 14.3. The van der Waals surface area contributed by atoms with E-state index in [1.807, 2.05) is 0 Å². The largest absolute Gasteiger partial charge is 0.484 e. The number of methoxy groups -OCH3 is 1. The van der Waals surface area contributed by atoms with Crippen molar-refractivity contribution in [2.45, 2.75) is 6.10 Å². The van der Waals surface area contributed by atoms with E-state index in [-0.39, 0.29) is 13.2 Å². The monoisotopic (exact) mass is 287 g/mol.